The summed E-state index contributed by atoms with van der Waals surface area (Å²) in [5.74, 6) is -0.947. The average Bonchev–Trinajstić information content (AvgIpc) is 2.66. The van der Waals surface area contributed by atoms with E-state index in [1.54, 1.807) is 42.5 Å². The smallest absolute Gasteiger partial charge is 0.323 e. The highest BCUT2D eigenvalue weighted by molar-refractivity contribution is 5.99. The van der Waals surface area contributed by atoms with Crippen LogP contribution in [0.2, 0.25) is 0 Å². The lowest BCUT2D eigenvalue weighted by atomic mass is 10.2. The van der Waals surface area contributed by atoms with Gasteiger partial charge in [-0.25, -0.2) is 13.6 Å². The van der Waals surface area contributed by atoms with Gasteiger partial charge in [-0.1, -0.05) is 12.1 Å². The molecule has 140 valence electrons. The van der Waals surface area contributed by atoms with Crippen molar-refractivity contribution in [3.63, 3.8) is 0 Å². The minimum absolute atomic E-state index is 0.00954. The van der Waals surface area contributed by atoms with E-state index < -0.39 is 17.7 Å². The molecule has 0 spiro atoms. The largest absolute Gasteiger partial charge is 0.489 e. The monoisotopic (exact) mass is 379 g/mol. The molecule has 0 aliphatic carbocycles. The maximum absolute atomic E-state index is 13.2. The number of nitrogens with zero attached hydrogens (tertiary/aromatic N) is 1. The summed E-state index contributed by atoms with van der Waals surface area (Å²) in [6, 6.07) is 17.9. The summed E-state index contributed by atoms with van der Waals surface area (Å²) in [5, 5.41) is 13.8. The first-order chi connectivity index (χ1) is 13.5. The maximum Gasteiger partial charge on any atom is 0.323 e. The number of nitrogens with one attached hydrogen (secondary N) is 2. The summed E-state index contributed by atoms with van der Waals surface area (Å²) < 4.78 is 32.0. The SMILES string of the molecule is N#Cc1ccc(OCc2cccc(NC(=O)Nc3cc(F)cc(F)c3)c2)cc1. The minimum atomic E-state index is -0.780. The van der Waals surface area contributed by atoms with Crippen molar-refractivity contribution in [1.29, 1.82) is 5.26 Å². The molecule has 3 rings (SSSR count). The van der Waals surface area contributed by atoms with Crippen LogP contribution in [0.1, 0.15) is 11.1 Å². The van der Waals surface area contributed by atoms with Crippen LogP contribution in [0.25, 0.3) is 0 Å². The summed E-state index contributed by atoms with van der Waals surface area (Å²) >= 11 is 0. The van der Waals surface area contributed by atoms with E-state index in [4.69, 9.17) is 10.00 Å². The fourth-order valence-electron chi connectivity index (χ4n) is 2.45. The van der Waals surface area contributed by atoms with Crippen molar-refractivity contribution in [2.24, 2.45) is 0 Å². The van der Waals surface area contributed by atoms with Crippen LogP contribution in [-0.2, 0) is 6.61 Å². The van der Waals surface area contributed by atoms with Crippen molar-refractivity contribution in [2.45, 2.75) is 6.61 Å². The van der Waals surface area contributed by atoms with Crippen molar-refractivity contribution < 1.29 is 18.3 Å². The number of nitriles is 1. The summed E-state index contributed by atoms with van der Waals surface area (Å²) in [5.41, 5.74) is 1.85. The van der Waals surface area contributed by atoms with Gasteiger partial charge in [-0.2, -0.15) is 5.26 Å². The number of urea groups is 1. The Balaban J connectivity index is 1.59. The highest BCUT2D eigenvalue weighted by Crippen LogP contribution is 2.17. The van der Waals surface area contributed by atoms with E-state index in [2.05, 4.69) is 10.6 Å². The highest BCUT2D eigenvalue weighted by atomic mass is 19.1. The third-order valence-electron chi connectivity index (χ3n) is 3.69. The van der Waals surface area contributed by atoms with Crippen LogP contribution in [0, 0.1) is 23.0 Å². The van der Waals surface area contributed by atoms with Gasteiger partial charge in [0.15, 0.2) is 0 Å². The van der Waals surface area contributed by atoms with Gasteiger partial charge in [-0.05, 0) is 54.1 Å². The van der Waals surface area contributed by atoms with E-state index in [-0.39, 0.29) is 12.3 Å². The number of anilines is 2. The van der Waals surface area contributed by atoms with Gasteiger partial charge in [0.25, 0.3) is 0 Å². The van der Waals surface area contributed by atoms with Crippen LogP contribution in [0.4, 0.5) is 25.0 Å². The molecule has 7 heteroatoms. The molecular weight excluding hydrogens is 364 g/mol. The molecular formula is C21H15F2N3O2. The molecule has 0 atom stereocenters. The Morgan fingerprint density at radius 1 is 0.929 bits per heavy atom. The Morgan fingerprint density at radius 3 is 2.29 bits per heavy atom. The number of benzene rings is 3. The number of hydrogen-bond acceptors (Lipinski definition) is 3. The number of halogens is 2. The fraction of sp³-hybridized carbons (Fsp3) is 0.0476. The molecule has 5 nitrogen and oxygen atoms in total. The Labute approximate surface area is 160 Å². The lowest BCUT2D eigenvalue weighted by Crippen LogP contribution is -2.19. The van der Waals surface area contributed by atoms with Gasteiger partial charge in [0.05, 0.1) is 11.6 Å². The quantitative estimate of drug-likeness (QED) is 0.651. The molecule has 0 saturated carbocycles. The summed E-state index contributed by atoms with van der Waals surface area (Å²) in [7, 11) is 0. The Kier molecular flexibility index (Phi) is 5.82. The minimum Gasteiger partial charge on any atom is -0.489 e. The number of rotatable bonds is 5. The normalized spacial score (nSPS) is 10.0. The standard InChI is InChI=1S/C21H15F2N3O2/c22-16-9-17(23)11-19(10-16)26-21(27)25-18-3-1-2-15(8-18)13-28-20-6-4-14(12-24)5-7-20/h1-11H,13H2,(H2,25,26,27). The third-order valence-corrected chi connectivity index (χ3v) is 3.69. The zero-order valence-electron chi connectivity index (χ0n) is 14.6. The second-order valence-corrected chi connectivity index (χ2v) is 5.86. The zero-order chi connectivity index (χ0) is 19.9. The summed E-state index contributed by atoms with van der Waals surface area (Å²) in [6.45, 7) is 0.262. The van der Waals surface area contributed by atoms with E-state index >= 15 is 0 Å². The molecule has 2 amide bonds. The number of ether oxygens (including phenoxy) is 1. The highest BCUT2D eigenvalue weighted by Gasteiger charge is 2.06. The molecule has 3 aromatic rings. The molecule has 0 saturated heterocycles. The topological polar surface area (TPSA) is 74.1 Å². The lowest BCUT2D eigenvalue weighted by Gasteiger charge is -2.10. The Hall–Kier alpha value is -3.92. The molecule has 28 heavy (non-hydrogen) atoms. The van der Waals surface area contributed by atoms with E-state index in [1.807, 2.05) is 12.1 Å². The summed E-state index contributed by atoms with van der Waals surface area (Å²) in [6.07, 6.45) is 0. The second kappa shape index (κ2) is 8.64. The van der Waals surface area contributed by atoms with Crippen LogP contribution >= 0.6 is 0 Å². The number of carbonyl (C=O) groups excluding carboxylic acids is 1. The van der Waals surface area contributed by atoms with E-state index in [0.29, 0.717) is 17.0 Å². The van der Waals surface area contributed by atoms with Gasteiger partial charge in [0, 0.05) is 17.4 Å². The average molecular weight is 379 g/mol. The van der Waals surface area contributed by atoms with Gasteiger partial charge >= 0.3 is 6.03 Å². The molecule has 0 aliphatic rings. The molecule has 0 radical (unpaired) electrons. The molecule has 0 heterocycles. The second-order valence-electron chi connectivity index (χ2n) is 5.86. The molecule has 0 unspecified atom stereocenters. The molecule has 3 aromatic carbocycles. The van der Waals surface area contributed by atoms with Crippen molar-refractivity contribution in [3.8, 4) is 11.8 Å². The summed E-state index contributed by atoms with van der Waals surface area (Å²) in [4.78, 5) is 12.0. The van der Waals surface area contributed by atoms with Gasteiger partial charge in [-0.3, -0.25) is 0 Å². The van der Waals surface area contributed by atoms with Gasteiger partial charge in [-0.15, -0.1) is 0 Å². The molecule has 0 aromatic heterocycles. The van der Waals surface area contributed by atoms with E-state index in [9.17, 15) is 13.6 Å². The van der Waals surface area contributed by atoms with Crippen molar-refractivity contribution in [1.82, 2.24) is 0 Å². The number of hydrogen-bond donors (Lipinski definition) is 2. The predicted molar refractivity (Wildman–Crippen MR) is 101 cm³/mol. The van der Waals surface area contributed by atoms with Crippen LogP contribution in [0.3, 0.4) is 0 Å². The van der Waals surface area contributed by atoms with Crippen LogP contribution < -0.4 is 15.4 Å². The van der Waals surface area contributed by atoms with E-state index in [0.717, 1.165) is 23.8 Å². The first-order valence-electron chi connectivity index (χ1n) is 8.28. The Morgan fingerprint density at radius 2 is 1.61 bits per heavy atom. The van der Waals surface area contributed by atoms with Gasteiger partial charge in [0.2, 0.25) is 0 Å². The zero-order valence-corrected chi connectivity index (χ0v) is 14.6. The number of amides is 2. The molecule has 0 fully saturated rings. The predicted octanol–water partition coefficient (Wildman–Crippen LogP) is 5.06. The molecule has 2 N–H and O–H groups in total. The molecule has 0 aliphatic heterocycles. The van der Waals surface area contributed by atoms with Crippen LogP contribution in [0.5, 0.6) is 5.75 Å². The van der Waals surface area contributed by atoms with Crippen molar-refractivity contribution >= 4 is 17.4 Å². The molecule has 0 bridgehead atoms. The number of carbonyl (C=O) groups is 1. The van der Waals surface area contributed by atoms with Gasteiger partial charge < -0.3 is 15.4 Å². The van der Waals surface area contributed by atoms with Crippen LogP contribution in [-0.4, -0.2) is 6.03 Å². The fourth-order valence-corrected chi connectivity index (χ4v) is 2.45. The third kappa shape index (κ3) is 5.29. The Bertz CT molecular complexity index is 1010. The van der Waals surface area contributed by atoms with Crippen molar-refractivity contribution in [3.05, 3.63) is 89.5 Å². The first-order valence-corrected chi connectivity index (χ1v) is 8.28. The maximum atomic E-state index is 13.2. The van der Waals surface area contributed by atoms with Crippen molar-refractivity contribution in [2.75, 3.05) is 10.6 Å². The first kappa shape index (κ1) is 18.9. The van der Waals surface area contributed by atoms with Crippen LogP contribution in [0.15, 0.2) is 66.7 Å². The lowest BCUT2D eigenvalue weighted by molar-refractivity contribution is 0.262. The van der Waals surface area contributed by atoms with E-state index in [1.165, 1.54) is 0 Å². The van der Waals surface area contributed by atoms with Gasteiger partial charge in [0.1, 0.15) is 24.0 Å².